The lowest BCUT2D eigenvalue weighted by molar-refractivity contribution is -0.142. The van der Waals surface area contributed by atoms with Crippen LogP contribution in [0.15, 0.2) is 46.9 Å². The number of benzene rings is 2. The van der Waals surface area contributed by atoms with Crippen molar-refractivity contribution >= 4 is 39.6 Å². The van der Waals surface area contributed by atoms with E-state index in [1.54, 1.807) is 23.1 Å². The largest absolute Gasteiger partial charge is 0.507 e. The Bertz CT molecular complexity index is 1370. The van der Waals surface area contributed by atoms with Crippen molar-refractivity contribution in [3.05, 3.63) is 58.1 Å². The maximum absolute atomic E-state index is 13.9. The zero-order valence-electron chi connectivity index (χ0n) is 25.5. The molecular weight excluding hydrogens is 642 g/mol. The molecule has 2 aromatic carbocycles. The minimum absolute atomic E-state index is 0.0166. The van der Waals surface area contributed by atoms with Gasteiger partial charge in [-0.25, -0.2) is 9.59 Å². The van der Waals surface area contributed by atoms with E-state index in [-0.39, 0.29) is 30.2 Å². The monoisotopic (exact) mass is 683 g/mol. The molecule has 0 radical (unpaired) electrons. The fourth-order valence-electron chi connectivity index (χ4n) is 6.96. The van der Waals surface area contributed by atoms with E-state index < -0.39 is 12.2 Å². The molecule has 0 unspecified atom stereocenters. The van der Waals surface area contributed by atoms with Crippen molar-refractivity contribution in [2.75, 3.05) is 64.3 Å². The van der Waals surface area contributed by atoms with Gasteiger partial charge in [-0.1, -0.05) is 24.3 Å². The van der Waals surface area contributed by atoms with Gasteiger partial charge >= 0.3 is 12.1 Å². The van der Waals surface area contributed by atoms with Crippen LogP contribution in [0.1, 0.15) is 36.8 Å². The first-order valence-corrected chi connectivity index (χ1v) is 16.8. The summed E-state index contributed by atoms with van der Waals surface area (Å²) in [7, 11) is 0. The molecule has 0 spiro atoms. The lowest BCUT2D eigenvalue weighted by Gasteiger charge is -2.41. The molecule has 4 aliphatic rings. The molecule has 4 heterocycles. The molecule has 242 valence electrons. The van der Waals surface area contributed by atoms with Crippen LogP contribution in [0.5, 0.6) is 5.75 Å². The van der Waals surface area contributed by atoms with Crippen molar-refractivity contribution in [3.63, 3.8) is 0 Å². The number of aromatic hydroxyl groups is 1. The van der Waals surface area contributed by atoms with Crippen LogP contribution in [-0.4, -0.2) is 120 Å². The topological polar surface area (TPSA) is 115 Å². The molecule has 0 bridgehead atoms. The third-order valence-electron chi connectivity index (χ3n) is 9.60. The van der Waals surface area contributed by atoms with Gasteiger partial charge in [0.15, 0.2) is 6.10 Å². The third kappa shape index (κ3) is 7.56. The molecule has 6 rings (SSSR count). The summed E-state index contributed by atoms with van der Waals surface area (Å²) in [6, 6.07) is 13.3. The molecule has 4 amide bonds. The number of ether oxygens (including phenoxy) is 2. The Morgan fingerprint density at radius 3 is 2.36 bits per heavy atom. The SMILES string of the molecule is O=C(O[C@H](Cc1ccc(O)c(Br)c1)C(=O)N1CCC(N2CCOCC2)CC1)N1CCC(N2CCc3ccccc3NC2=O)CC1. The number of hydrogen-bond acceptors (Lipinski definition) is 7. The van der Waals surface area contributed by atoms with Crippen LogP contribution in [0.4, 0.5) is 15.3 Å². The number of phenols is 1. The van der Waals surface area contributed by atoms with Crippen LogP contribution >= 0.6 is 15.9 Å². The maximum atomic E-state index is 13.9. The highest BCUT2D eigenvalue weighted by Gasteiger charge is 2.36. The number of nitrogens with zero attached hydrogens (tertiary/aromatic N) is 4. The van der Waals surface area contributed by atoms with Crippen LogP contribution in [0.3, 0.4) is 0 Å². The minimum atomic E-state index is -0.985. The average Bonchev–Trinajstić information content (AvgIpc) is 3.24. The van der Waals surface area contributed by atoms with E-state index in [1.165, 1.54) is 0 Å². The molecule has 1 atom stereocenters. The number of amides is 4. The van der Waals surface area contributed by atoms with E-state index in [9.17, 15) is 19.5 Å². The molecule has 3 saturated heterocycles. The Labute approximate surface area is 272 Å². The third-order valence-corrected chi connectivity index (χ3v) is 10.2. The smallest absolute Gasteiger partial charge is 0.410 e. The Morgan fingerprint density at radius 1 is 0.933 bits per heavy atom. The summed E-state index contributed by atoms with van der Waals surface area (Å²) in [5.74, 6) is -0.0858. The van der Waals surface area contributed by atoms with Gasteiger partial charge in [0.05, 0.1) is 17.7 Å². The first kappa shape index (κ1) is 31.6. The molecule has 0 aromatic heterocycles. The van der Waals surface area contributed by atoms with E-state index >= 15 is 0 Å². The van der Waals surface area contributed by atoms with Gasteiger partial charge in [0.1, 0.15) is 5.75 Å². The Balaban J connectivity index is 1.07. The van der Waals surface area contributed by atoms with E-state index in [4.69, 9.17) is 9.47 Å². The van der Waals surface area contributed by atoms with Gasteiger partial charge in [0.25, 0.3) is 5.91 Å². The van der Waals surface area contributed by atoms with E-state index in [0.717, 1.165) is 62.4 Å². The number of fused-ring (bicyclic) bond motifs is 1. The standard InChI is InChI=1S/C33H42BrN5O6/c34-27-21-23(5-6-29(27)40)22-30(31(41)37-12-8-25(9-13-37)36-17-19-44-20-18-36)45-33(43)38-14-10-26(11-15-38)39-16-7-24-3-1-2-4-28(24)35-32(39)42/h1-6,21,25-26,30,40H,7-20,22H2,(H,35,42)/t30-/m1/s1. The zero-order chi connectivity index (χ0) is 31.3. The summed E-state index contributed by atoms with van der Waals surface area (Å²) in [5.41, 5.74) is 2.75. The van der Waals surface area contributed by atoms with Crippen LogP contribution in [0.2, 0.25) is 0 Å². The summed E-state index contributed by atoms with van der Waals surface area (Å²) >= 11 is 3.36. The van der Waals surface area contributed by atoms with Crippen LogP contribution < -0.4 is 5.32 Å². The predicted molar refractivity (Wildman–Crippen MR) is 172 cm³/mol. The van der Waals surface area contributed by atoms with Crippen molar-refractivity contribution < 1.29 is 29.0 Å². The number of carbonyl (C=O) groups is 3. The van der Waals surface area contributed by atoms with E-state index in [2.05, 4.69) is 26.1 Å². The number of nitrogens with one attached hydrogen (secondary N) is 1. The van der Waals surface area contributed by atoms with Gasteiger partial charge in [-0.3, -0.25) is 9.69 Å². The van der Waals surface area contributed by atoms with Gasteiger partial charge in [-0.05, 0) is 77.4 Å². The zero-order valence-corrected chi connectivity index (χ0v) is 27.1. The quantitative estimate of drug-likeness (QED) is 0.472. The summed E-state index contributed by atoms with van der Waals surface area (Å²) in [5, 5.41) is 13.0. The van der Waals surface area contributed by atoms with Crippen molar-refractivity contribution in [3.8, 4) is 5.75 Å². The highest BCUT2D eigenvalue weighted by Crippen LogP contribution is 2.28. The van der Waals surface area contributed by atoms with Crippen molar-refractivity contribution in [1.82, 2.24) is 19.6 Å². The summed E-state index contributed by atoms with van der Waals surface area (Å²) in [6.07, 6.45) is 2.51. The van der Waals surface area contributed by atoms with Gasteiger partial charge in [-0.2, -0.15) is 0 Å². The number of halogens is 1. The molecule has 2 N–H and O–H groups in total. The Morgan fingerprint density at radius 2 is 1.62 bits per heavy atom. The molecule has 4 aliphatic heterocycles. The van der Waals surface area contributed by atoms with E-state index in [0.29, 0.717) is 56.1 Å². The van der Waals surface area contributed by atoms with Crippen LogP contribution in [0, 0.1) is 0 Å². The number of para-hydroxylation sites is 1. The van der Waals surface area contributed by atoms with Crippen molar-refractivity contribution in [1.29, 1.82) is 0 Å². The number of likely N-dealkylation sites (tertiary alicyclic amines) is 2. The number of rotatable bonds is 6. The Kier molecular flexibility index (Phi) is 10.1. The maximum Gasteiger partial charge on any atom is 0.410 e. The number of anilines is 1. The van der Waals surface area contributed by atoms with Crippen LogP contribution in [0.25, 0.3) is 0 Å². The summed E-state index contributed by atoms with van der Waals surface area (Å²) in [4.78, 5) is 48.2. The second-order valence-corrected chi connectivity index (χ2v) is 13.2. The number of carbonyl (C=O) groups excluding carboxylic acids is 3. The number of piperidine rings is 2. The highest BCUT2D eigenvalue weighted by atomic mass is 79.9. The molecular formula is C33H42BrN5O6. The van der Waals surface area contributed by atoms with Crippen molar-refractivity contribution in [2.24, 2.45) is 0 Å². The lowest BCUT2D eigenvalue weighted by atomic mass is 10.0. The van der Waals surface area contributed by atoms with E-state index in [1.807, 2.05) is 34.1 Å². The summed E-state index contributed by atoms with van der Waals surface area (Å²) < 4.78 is 12.0. The average molecular weight is 685 g/mol. The number of phenolic OH excluding ortho intramolecular Hbond substituents is 1. The molecule has 0 aliphatic carbocycles. The second kappa shape index (κ2) is 14.4. The second-order valence-electron chi connectivity index (χ2n) is 12.3. The lowest BCUT2D eigenvalue weighted by Crippen LogP contribution is -2.53. The molecule has 2 aromatic rings. The Hall–Kier alpha value is -3.35. The first-order valence-electron chi connectivity index (χ1n) is 16.0. The first-order chi connectivity index (χ1) is 21.9. The van der Waals surface area contributed by atoms with Gasteiger partial charge in [0, 0.05) is 70.0 Å². The summed E-state index contributed by atoms with van der Waals surface area (Å²) in [6.45, 7) is 6.06. The molecule has 3 fully saturated rings. The normalized spacial score (nSPS) is 21.1. The van der Waals surface area contributed by atoms with Gasteiger partial charge in [0.2, 0.25) is 0 Å². The van der Waals surface area contributed by atoms with Gasteiger partial charge < -0.3 is 34.6 Å². The van der Waals surface area contributed by atoms with Gasteiger partial charge in [-0.15, -0.1) is 0 Å². The molecule has 11 nitrogen and oxygen atoms in total. The molecule has 12 heteroatoms. The molecule has 45 heavy (non-hydrogen) atoms. The number of morpholine rings is 1. The fourth-order valence-corrected chi connectivity index (χ4v) is 7.39. The number of hydrogen-bond donors (Lipinski definition) is 2. The van der Waals surface area contributed by atoms with Crippen LogP contribution in [-0.2, 0) is 27.1 Å². The minimum Gasteiger partial charge on any atom is -0.507 e. The predicted octanol–water partition coefficient (Wildman–Crippen LogP) is 4.08. The molecule has 0 saturated carbocycles. The van der Waals surface area contributed by atoms with Crippen molar-refractivity contribution in [2.45, 2.75) is 56.7 Å². The highest BCUT2D eigenvalue weighted by molar-refractivity contribution is 9.10. The fraction of sp³-hybridized carbons (Fsp3) is 0.545. The number of urea groups is 1.